The Balaban J connectivity index is 3.28. The highest BCUT2D eigenvalue weighted by Crippen LogP contribution is 2.09. The number of carboxylic acids is 1. The van der Waals surface area contributed by atoms with Gasteiger partial charge in [0.2, 0.25) is 0 Å². The van der Waals surface area contributed by atoms with Crippen LogP contribution in [-0.4, -0.2) is 11.1 Å². The van der Waals surface area contributed by atoms with Gasteiger partial charge in [0.15, 0.2) is 0 Å². The standard InChI is InChI=1S/C19H30O2/c1-2-3-4-5-6-7-8-9-10-11-12-13-14-15-16-17-18-19(20)21/h2-10,15-18H2,1H3,(H,20,21). The van der Waals surface area contributed by atoms with Gasteiger partial charge in [-0.25, -0.2) is 0 Å². The molecule has 21 heavy (non-hydrogen) atoms. The van der Waals surface area contributed by atoms with Crippen molar-refractivity contribution in [3.05, 3.63) is 0 Å². The third kappa shape index (κ3) is 18.6. The Morgan fingerprint density at radius 2 is 1.24 bits per heavy atom. The number of carboxylic acid groups (broad SMARTS) is 1. The Morgan fingerprint density at radius 3 is 1.76 bits per heavy atom. The lowest BCUT2D eigenvalue weighted by atomic mass is 10.1. The maximum Gasteiger partial charge on any atom is 0.303 e. The smallest absolute Gasteiger partial charge is 0.303 e. The fourth-order valence-electron chi connectivity index (χ4n) is 2.05. The molecule has 0 spiro atoms. The second kappa shape index (κ2) is 16.6. The average Bonchev–Trinajstić information content (AvgIpc) is 2.46. The Hall–Kier alpha value is -1.41. The first kappa shape index (κ1) is 19.6. The molecule has 0 heterocycles. The summed E-state index contributed by atoms with van der Waals surface area (Å²) < 4.78 is 0. The van der Waals surface area contributed by atoms with Crippen LogP contribution in [0.1, 0.15) is 90.4 Å². The first-order valence-electron chi connectivity index (χ1n) is 8.45. The van der Waals surface area contributed by atoms with Crippen molar-refractivity contribution in [3.63, 3.8) is 0 Å². The molecule has 2 heteroatoms. The number of unbranched alkanes of at least 4 members (excludes halogenated alkanes) is 10. The SMILES string of the molecule is CCCCCCCCCCC#CC#CCCCCC(=O)O. The van der Waals surface area contributed by atoms with E-state index in [0.717, 1.165) is 19.3 Å². The third-order valence-corrected chi connectivity index (χ3v) is 3.34. The fourth-order valence-corrected chi connectivity index (χ4v) is 2.05. The first-order chi connectivity index (χ1) is 10.3. The number of carbonyl (C=O) groups is 1. The highest BCUT2D eigenvalue weighted by Gasteiger charge is 1.94. The quantitative estimate of drug-likeness (QED) is 0.398. The van der Waals surface area contributed by atoms with E-state index >= 15 is 0 Å². The molecular formula is C19H30O2. The molecule has 1 N–H and O–H groups in total. The van der Waals surface area contributed by atoms with Gasteiger partial charge in [-0.15, -0.1) is 0 Å². The predicted molar refractivity (Wildman–Crippen MR) is 88.9 cm³/mol. The number of aliphatic carboxylic acids is 1. The molecule has 0 atom stereocenters. The van der Waals surface area contributed by atoms with Gasteiger partial charge < -0.3 is 5.11 Å². The Labute approximate surface area is 130 Å². The molecule has 0 aromatic heterocycles. The summed E-state index contributed by atoms with van der Waals surface area (Å²) >= 11 is 0. The summed E-state index contributed by atoms with van der Waals surface area (Å²) in [5.41, 5.74) is 0. The van der Waals surface area contributed by atoms with E-state index < -0.39 is 5.97 Å². The van der Waals surface area contributed by atoms with Crippen LogP contribution in [0.4, 0.5) is 0 Å². The second-order valence-electron chi connectivity index (χ2n) is 5.43. The summed E-state index contributed by atoms with van der Waals surface area (Å²) in [5.74, 6) is 11.0. The zero-order valence-corrected chi connectivity index (χ0v) is 13.5. The van der Waals surface area contributed by atoms with Gasteiger partial charge in [0.1, 0.15) is 0 Å². The van der Waals surface area contributed by atoms with E-state index in [1.165, 1.54) is 51.4 Å². The predicted octanol–water partition coefficient (Wildman–Crippen LogP) is 5.17. The lowest BCUT2D eigenvalue weighted by Crippen LogP contribution is -1.92. The summed E-state index contributed by atoms with van der Waals surface area (Å²) in [6.07, 6.45) is 14.1. The lowest BCUT2D eigenvalue weighted by Gasteiger charge is -1.98. The minimum Gasteiger partial charge on any atom is -0.481 e. The van der Waals surface area contributed by atoms with E-state index in [1.54, 1.807) is 0 Å². The molecule has 0 unspecified atom stereocenters. The van der Waals surface area contributed by atoms with Crippen LogP contribution >= 0.6 is 0 Å². The van der Waals surface area contributed by atoms with Gasteiger partial charge in [0.05, 0.1) is 0 Å². The van der Waals surface area contributed by atoms with E-state index in [0.29, 0.717) is 6.42 Å². The molecule has 0 bridgehead atoms. The van der Waals surface area contributed by atoms with E-state index in [2.05, 4.69) is 30.6 Å². The summed E-state index contributed by atoms with van der Waals surface area (Å²) in [5, 5.41) is 8.47. The van der Waals surface area contributed by atoms with Crippen LogP contribution in [0.15, 0.2) is 0 Å². The van der Waals surface area contributed by atoms with Gasteiger partial charge in [0.25, 0.3) is 0 Å². The van der Waals surface area contributed by atoms with Crippen LogP contribution in [0.25, 0.3) is 0 Å². The monoisotopic (exact) mass is 290 g/mol. The molecule has 0 aromatic carbocycles. The minimum absolute atomic E-state index is 0.242. The molecule has 0 rings (SSSR count). The van der Waals surface area contributed by atoms with E-state index in [1.807, 2.05) is 0 Å². The van der Waals surface area contributed by atoms with Gasteiger partial charge in [-0.3, -0.25) is 4.79 Å². The second-order valence-corrected chi connectivity index (χ2v) is 5.43. The average molecular weight is 290 g/mol. The Bertz CT molecular complexity index is 362. The van der Waals surface area contributed by atoms with Crippen molar-refractivity contribution in [2.45, 2.75) is 90.4 Å². The topological polar surface area (TPSA) is 37.3 Å². The highest BCUT2D eigenvalue weighted by molar-refractivity contribution is 5.66. The normalized spacial score (nSPS) is 9.38. The molecule has 0 amide bonds. The van der Waals surface area contributed by atoms with Crippen LogP contribution < -0.4 is 0 Å². The minimum atomic E-state index is -0.729. The van der Waals surface area contributed by atoms with Crippen LogP contribution in [0, 0.1) is 23.7 Å². The van der Waals surface area contributed by atoms with Crippen molar-refractivity contribution in [3.8, 4) is 23.7 Å². The van der Waals surface area contributed by atoms with E-state index in [4.69, 9.17) is 5.11 Å². The van der Waals surface area contributed by atoms with Gasteiger partial charge in [0, 0.05) is 19.3 Å². The van der Waals surface area contributed by atoms with Gasteiger partial charge >= 0.3 is 5.97 Å². The van der Waals surface area contributed by atoms with E-state index in [9.17, 15) is 4.79 Å². The Kier molecular flexibility index (Phi) is 15.5. The summed E-state index contributed by atoms with van der Waals surface area (Å²) in [7, 11) is 0. The molecule has 2 nitrogen and oxygen atoms in total. The largest absolute Gasteiger partial charge is 0.481 e. The van der Waals surface area contributed by atoms with Crippen molar-refractivity contribution in [1.29, 1.82) is 0 Å². The van der Waals surface area contributed by atoms with Gasteiger partial charge in [-0.1, -0.05) is 63.7 Å². The van der Waals surface area contributed by atoms with Crippen molar-refractivity contribution >= 4 is 5.97 Å². The van der Waals surface area contributed by atoms with Gasteiger partial charge in [-0.05, 0) is 31.1 Å². The first-order valence-corrected chi connectivity index (χ1v) is 8.45. The molecule has 0 aromatic rings. The molecule has 118 valence electrons. The summed E-state index contributed by atoms with van der Waals surface area (Å²) in [4.78, 5) is 10.3. The molecule has 0 saturated heterocycles. The number of hydrogen-bond donors (Lipinski definition) is 1. The maximum atomic E-state index is 10.3. The van der Waals surface area contributed by atoms with Gasteiger partial charge in [-0.2, -0.15) is 0 Å². The van der Waals surface area contributed by atoms with Crippen molar-refractivity contribution in [2.75, 3.05) is 0 Å². The van der Waals surface area contributed by atoms with Crippen molar-refractivity contribution in [2.24, 2.45) is 0 Å². The molecular weight excluding hydrogens is 260 g/mol. The molecule has 0 radical (unpaired) electrons. The molecule has 0 aliphatic rings. The van der Waals surface area contributed by atoms with Crippen LogP contribution in [0.3, 0.4) is 0 Å². The van der Waals surface area contributed by atoms with Crippen molar-refractivity contribution in [1.82, 2.24) is 0 Å². The van der Waals surface area contributed by atoms with Crippen LogP contribution in [0.2, 0.25) is 0 Å². The third-order valence-electron chi connectivity index (χ3n) is 3.34. The van der Waals surface area contributed by atoms with Crippen molar-refractivity contribution < 1.29 is 9.90 Å². The highest BCUT2D eigenvalue weighted by atomic mass is 16.4. The lowest BCUT2D eigenvalue weighted by molar-refractivity contribution is -0.137. The molecule has 0 aliphatic carbocycles. The number of hydrogen-bond acceptors (Lipinski definition) is 1. The van der Waals surface area contributed by atoms with Crippen LogP contribution in [0.5, 0.6) is 0 Å². The molecule has 0 fully saturated rings. The summed E-state index contributed by atoms with van der Waals surface area (Å²) in [6, 6.07) is 0. The Morgan fingerprint density at radius 1 is 0.762 bits per heavy atom. The van der Waals surface area contributed by atoms with Crippen LogP contribution in [-0.2, 0) is 4.79 Å². The molecule has 0 saturated carbocycles. The number of rotatable bonds is 12. The zero-order valence-electron chi connectivity index (χ0n) is 13.5. The summed E-state index contributed by atoms with van der Waals surface area (Å²) in [6.45, 7) is 2.25. The fraction of sp³-hybridized carbons (Fsp3) is 0.737. The van der Waals surface area contributed by atoms with E-state index in [-0.39, 0.29) is 6.42 Å². The zero-order chi connectivity index (χ0) is 15.6. The maximum absolute atomic E-state index is 10.3. The molecule has 0 aliphatic heterocycles.